The van der Waals surface area contributed by atoms with Gasteiger partial charge in [-0.05, 0) is 24.1 Å². The molecular weight excluding hydrogens is 247 g/mol. The van der Waals surface area contributed by atoms with Gasteiger partial charge in [0, 0.05) is 11.9 Å². The highest BCUT2D eigenvalue weighted by Gasteiger charge is 2.09. The maximum absolute atomic E-state index is 12.7. The molecule has 0 saturated heterocycles. The van der Waals surface area contributed by atoms with Gasteiger partial charge in [-0.1, -0.05) is 35.0 Å². The quantitative estimate of drug-likeness (QED) is 0.734. The second kappa shape index (κ2) is 6.14. The van der Waals surface area contributed by atoms with Gasteiger partial charge in [-0.15, -0.1) is 0 Å². The fourth-order valence-corrected chi connectivity index (χ4v) is 1.73. The Morgan fingerprint density at radius 1 is 1.36 bits per heavy atom. The second-order valence-corrected chi connectivity index (χ2v) is 3.71. The highest BCUT2D eigenvalue weighted by atomic mass is 79.9. The first kappa shape index (κ1) is 11.7. The van der Waals surface area contributed by atoms with E-state index < -0.39 is 0 Å². The Labute approximate surface area is 92.4 Å². The Morgan fingerprint density at radius 2 is 2.00 bits per heavy atom. The highest BCUT2D eigenvalue weighted by molar-refractivity contribution is 9.09. The highest BCUT2D eigenvalue weighted by Crippen LogP contribution is 2.20. The molecule has 0 heterocycles. The largest absolute Gasteiger partial charge is 0.373 e. The first-order valence-electron chi connectivity index (χ1n) is 4.71. The molecule has 1 aromatic rings. The zero-order valence-corrected chi connectivity index (χ0v) is 9.76. The molecule has 1 aromatic carbocycles. The molecule has 0 radical (unpaired) electrons. The van der Waals surface area contributed by atoms with Crippen molar-refractivity contribution < 1.29 is 9.13 Å². The molecule has 0 aromatic heterocycles. The Bertz CT molecular complexity index is 260. The standard InChI is InChI=1S/C11H14BrFO/c1-2-7-14-11(8-12)9-3-5-10(13)6-4-9/h3-6,11H,2,7-8H2,1H3. The van der Waals surface area contributed by atoms with Gasteiger partial charge < -0.3 is 4.74 Å². The smallest absolute Gasteiger partial charge is 0.123 e. The summed E-state index contributed by atoms with van der Waals surface area (Å²) in [6, 6.07) is 6.44. The van der Waals surface area contributed by atoms with E-state index in [1.807, 2.05) is 0 Å². The van der Waals surface area contributed by atoms with E-state index in [4.69, 9.17) is 4.74 Å². The summed E-state index contributed by atoms with van der Waals surface area (Å²) in [6.07, 6.45) is 1.01. The first-order valence-corrected chi connectivity index (χ1v) is 5.83. The van der Waals surface area contributed by atoms with Gasteiger partial charge in [0.15, 0.2) is 0 Å². The minimum Gasteiger partial charge on any atom is -0.373 e. The second-order valence-electron chi connectivity index (χ2n) is 3.07. The molecule has 78 valence electrons. The van der Waals surface area contributed by atoms with Gasteiger partial charge in [0.25, 0.3) is 0 Å². The lowest BCUT2D eigenvalue weighted by atomic mass is 10.1. The SMILES string of the molecule is CCCOC(CBr)c1ccc(F)cc1. The number of halogens is 2. The molecule has 0 aliphatic carbocycles. The molecule has 1 nitrogen and oxygen atoms in total. The van der Waals surface area contributed by atoms with Gasteiger partial charge in [0.05, 0.1) is 6.10 Å². The van der Waals surface area contributed by atoms with Crippen molar-refractivity contribution in [2.45, 2.75) is 19.4 Å². The molecule has 0 bridgehead atoms. The van der Waals surface area contributed by atoms with Crippen molar-refractivity contribution in [3.05, 3.63) is 35.6 Å². The van der Waals surface area contributed by atoms with Gasteiger partial charge in [0.2, 0.25) is 0 Å². The van der Waals surface area contributed by atoms with E-state index >= 15 is 0 Å². The monoisotopic (exact) mass is 260 g/mol. The van der Waals surface area contributed by atoms with Crippen molar-refractivity contribution >= 4 is 15.9 Å². The Morgan fingerprint density at radius 3 is 2.50 bits per heavy atom. The fourth-order valence-electron chi connectivity index (χ4n) is 1.17. The summed E-state index contributed by atoms with van der Waals surface area (Å²) in [5.74, 6) is -0.211. The van der Waals surface area contributed by atoms with Gasteiger partial charge in [0.1, 0.15) is 5.82 Å². The van der Waals surface area contributed by atoms with Crippen LogP contribution in [0.25, 0.3) is 0 Å². The van der Waals surface area contributed by atoms with Crippen molar-refractivity contribution in [1.82, 2.24) is 0 Å². The molecule has 3 heteroatoms. The van der Waals surface area contributed by atoms with E-state index in [1.165, 1.54) is 12.1 Å². The van der Waals surface area contributed by atoms with E-state index in [2.05, 4.69) is 22.9 Å². The average Bonchev–Trinajstić information content (AvgIpc) is 2.21. The molecule has 0 amide bonds. The van der Waals surface area contributed by atoms with Crippen LogP contribution < -0.4 is 0 Å². The van der Waals surface area contributed by atoms with Crippen LogP contribution in [0, 0.1) is 5.82 Å². The third-order valence-electron chi connectivity index (χ3n) is 1.91. The van der Waals surface area contributed by atoms with Crippen molar-refractivity contribution in [2.24, 2.45) is 0 Å². The Balaban J connectivity index is 2.64. The molecule has 1 atom stereocenters. The Hall–Kier alpha value is -0.410. The van der Waals surface area contributed by atoms with Crippen LogP contribution in [0.5, 0.6) is 0 Å². The van der Waals surface area contributed by atoms with Gasteiger partial charge in [-0.25, -0.2) is 4.39 Å². The number of benzene rings is 1. The van der Waals surface area contributed by atoms with E-state index in [9.17, 15) is 4.39 Å². The number of ether oxygens (including phenoxy) is 1. The topological polar surface area (TPSA) is 9.23 Å². The summed E-state index contributed by atoms with van der Waals surface area (Å²) >= 11 is 3.38. The van der Waals surface area contributed by atoms with Crippen LogP contribution in [-0.4, -0.2) is 11.9 Å². The zero-order chi connectivity index (χ0) is 10.4. The Kier molecular flexibility index (Phi) is 5.12. The van der Waals surface area contributed by atoms with E-state index in [0.717, 1.165) is 23.9 Å². The van der Waals surface area contributed by atoms with Crippen LogP contribution in [0.2, 0.25) is 0 Å². The number of rotatable bonds is 5. The molecule has 0 fully saturated rings. The third kappa shape index (κ3) is 3.39. The van der Waals surface area contributed by atoms with Crippen LogP contribution >= 0.6 is 15.9 Å². The predicted octanol–water partition coefficient (Wildman–Crippen LogP) is 3.69. The van der Waals surface area contributed by atoms with Crippen molar-refractivity contribution in [2.75, 3.05) is 11.9 Å². The lowest BCUT2D eigenvalue weighted by molar-refractivity contribution is 0.0703. The van der Waals surface area contributed by atoms with Crippen LogP contribution in [-0.2, 0) is 4.74 Å². The fraction of sp³-hybridized carbons (Fsp3) is 0.455. The summed E-state index contributed by atoms with van der Waals surface area (Å²) in [7, 11) is 0. The number of hydrogen-bond donors (Lipinski definition) is 0. The maximum Gasteiger partial charge on any atom is 0.123 e. The maximum atomic E-state index is 12.7. The van der Waals surface area contributed by atoms with Gasteiger partial charge in [-0.3, -0.25) is 0 Å². The summed E-state index contributed by atoms with van der Waals surface area (Å²) in [5, 5.41) is 0.735. The average molecular weight is 261 g/mol. The molecule has 0 aliphatic rings. The first-order chi connectivity index (χ1) is 6.77. The summed E-state index contributed by atoms with van der Waals surface area (Å²) in [5.41, 5.74) is 1.01. The lowest BCUT2D eigenvalue weighted by Crippen LogP contribution is -2.06. The number of hydrogen-bond acceptors (Lipinski definition) is 1. The molecule has 0 N–H and O–H groups in total. The van der Waals surface area contributed by atoms with E-state index in [1.54, 1.807) is 12.1 Å². The van der Waals surface area contributed by atoms with Crippen LogP contribution in [0.4, 0.5) is 4.39 Å². The molecule has 1 unspecified atom stereocenters. The van der Waals surface area contributed by atoms with Crippen molar-refractivity contribution in [3.63, 3.8) is 0 Å². The summed E-state index contributed by atoms with van der Waals surface area (Å²) in [6.45, 7) is 2.80. The molecule has 0 saturated carbocycles. The van der Waals surface area contributed by atoms with Crippen molar-refractivity contribution in [1.29, 1.82) is 0 Å². The zero-order valence-electron chi connectivity index (χ0n) is 8.17. The molecule has 1 rings (SSSR count). The summed E-state index contributed by atoms with van der Waals surface area (Å²) in [4.78, 5) is 0. The number of alkyl halides is 1. The van der Waals surface area contributed by atoms with Crippen LogP contribution in [0.15, 0.2) is 24.3 Å². The summed E-state index contributed by atoms with van der Waals surface area (Å²) < 4.78 is 18.3. The van der Waals surface area contributed by atoms with E-state index in [0.29, 0.717) is 0 Å². The molecule has 0 spiro atoms. The van der Waals surface area contributed by atoms with E-state index in [-0.39, 0.29) is 11.9 Å². The minimum atomic E-state index is -0.211. The van der Waals surface area contributed by atoms with Crippen LogP contribution in [0.3, 0.4) is 0 Å². The van der Waals surface area contributed by atoms with Gasteiger partial charge >= 0.3 is 0 Å². The molecule has 14 heavy (non-hydrogen) atoms. The third-order valence-corrected chi connectivity index (χ3v) is 2.49. The lowest BCUT2D eigenvalue weighted by Gasteiger charge is -2.15. The molecular formula is C11H14BrFO. The predicted molar refractivity (Wildman–Crippen MR) is 59.2 cm³/mol. The van der Waals surface area contributed by atoms with Crippen LogP contribution in [0.1, 0.15) is 25.0 Å². The molecule has 0 aliphatic heterocycles. The van der Waals surface area contributed by atoms with Crippen molar-refractivity contribution in [3.8, 4) is 0 Å². The van der Waals surface area contributed by atoms with Gasteiger partial charge in [-0.2, -0.15) is 0 Å². The normalized spacial score (nSPS) is 12.8. The minimum absolute atomic E-state index is 0.0237.